The fourth-order valence-electron chi connectivity index (χ4n) is 2.50. The number of aryl methyl sites for hydroxylation is 1. The first-order chi connectivity index (χ1) is 11.3. The summed E-state index contributed by atoms with van der Waals surface area (Å²) >= 11 is 0. The SMILES string of the molecule is COc1ccc(CCCN(C)CCCOc2ccccc2)cc1. The van der Waals surface area contributed by atoms with Crippen molar-refractivity contribution in [1.29, 1.82) is 0 Å². The van der Waals surface area contributed by atoms with Gasteiger partial charge in [0.2, 0.25) is 0 Å². The summed E-state index contributed by atoms with van der Waals surface area (Å²) in [5.41, 5.74) is 1.37. The molecule has 2 rings (SSSR count). The topological polar surface area (TPSA) is 21.7 Å². The highest BCUT2D eigenvalue weighted by Crippen LogP contribution is 2.13. The van der Waals surface area contributed by atoms with E-state index in [4.69, 9.17) is 9.47 Å². The van der Waals surface area contributed by atoms with Gasteiger partial charge in [-0.05, 0) is 62.7 Å². The van der Waals surface area contributed by atoms with Crippen LogP contribution in [0, 0.1) is 0 Å². The van der Waals surface area contributed by atoms with Gasteiger partial charge in [-0.3, -0.25) is 0 Å². The van der Waals surface area contributed by atoms with Crippen LogP contribution in [0.5, 0.6) is 11.5 Å². The molecular weight excluding hydrogens is 286 g/mol. The lowest BCUT2D eigenvalue weighted by Crippen LogP contribution is -2.22. The van der Waals surface area contributed by atoms with E-state index in [1.807, 2.05) is 42.5 Å². The van der Waals surface area contributed by atoms with Crippen LogP contribution in [-0.4, -0.2) is 38.8 Å². The highest BCUT2D eigenvalue weighted by Gasteiger charge is 2.00. The molecule has 0 aliphatic carbocycles. The molecule has 0 N–H and O–H groups in total. The van der Waals surface area contributed by atoms with Crippen molar-refractivity contribution in [2.75, 3.05) is 33.9 Å². The molecule has 0 bridgehead atoms. The van der Waals surface area contributed by atoms with Gasteiger partial charge in [-0.2, -0.15) is 0 Å². The van der Waals surface area contributed by atoms with Crippen molar-refractivity contribution in [3.63, 3.8) is 0 Å². The summed E-state index contributed by atoms with van der Waals surface area (Å²) in [6.45, 7) is 2.94. The number of hydrogen-bond acceptors (Lipinski definition) is 3. The zero-order valence-electron chi connectivity index (χ0n) is 14.2. The van der Waals surface area contributed by atoms with Gasteiger partial charge in [0, 0.05) is 6.54 Å². The maximum Gasteiger partial charge on any atom is 0.119 e. The molecule has 2 aromatic carbocycles. The minimum absolute atomic E-state index is 0.771. The van der Waals surface area contributed by atoms with Gasteiger partial charge < -0.3 is 14.4 Å². The summed E-state index contributed by atoms with van der Waals surface area (Å²) in [5.74, 6) is 1.87. The van der Waals surface area contributed by atoms with Gasteiger partial charge in [-0.25, -0.2) is 0 Å². The summed E-state index contributed by atoms with van der Waals surface area (Å²) in [5, 5.41) is 0. The van der Waals surface area contributed by atoms with Crippen LogP contribution in [0.15, 0.2) is 54.6 Å². The van der Waals surface area contributed by atoms with E-state index >= 15 is 0 Å². The average molecular weight is 313 g/mol. The second-order valence-electron chi connectivity index (χ2n) is 5.77. The summed E-state index contributed by atoms with van der Waals surface area (Å²) in [6.07, 6.45) is 3.32. The van der Waals surface area contributed by atoms with Gasteiger partial charge >= 0.3 is 0 Å². The number of benzene rings is 2. The predicted octanol–water partition coefficient (Wildman–Crippen LogP) is 4.03. The van der Waals surface area contributed by atoms with Crippen molar-refractivity contribution in [2.45, 2.75) is 19.3 Å². The number of rotatable bonds is 10. The number of ether oxygens (including phenoxy) is 2. The molecule has 0 aliphatic heterocycles. The Hall–Kier alpha value is -2.00. The van der Waals surface area contributed by atoms with Gasteiger partial charge in [0.05, 0.1) is 13.7 Å². The maximum atomic E-state index is 5.71. The van der Waals surface area contributed by atoms with Crippen LogP contribution in [0.2, 0.25) is 0 Å². The predicted molar refractivity (Wildman–Crippen MR) is 95.4 cm³/mol. The first-order valence-corrected chi connectivity index (χ1v) is 8.27. The standard InChI is InChI=1S/C20H27NO2/c1-21(16-7-17-23-20-9-4-3-5-10-20)15-6-8-18-11-13-19(22-2)14-12-18/h3-5,9-14H,6-8,15-17H2,1-2H3. The molecule has 0 unspecified atom stereocenters. The van der Waals surface area contributed by atoms with Crippen molar-refractivity contribution in [3.05, 3.63) is 60.2 Å². The molecule has 0 aromatic heterocycles. The van der Waals surface area contributed by atoms with Crippen LogP contribution in [0.4, 0.5) is 0 Å². The van der Waals surface area contributed by atoms with Crippen molar-refractivity contribution in [2.24, 2.45) is 0 Å². The molecule has 0 atom stereocenters. The van der Waals surface area contributed by atoms with Crippen LogP contribution < -0.4 is 9.47 Å². The van der Waals surface area contributed by atoms with Gasteiger partial charge in [0.15, 0.2) is 0 Å². The minimum Gasteiger partial charge on any atom is -0.497 e. The highest BCUT2D eigenvalue weighted by molar-refractivity contribution is 5.27. The van der Waals surface area contributed by atoms with E-state index in [-0.39, 0.29) is 0 Å². The second kappa shape index (κ2) is 9.90. The second-order valence-corrected chi connectivity index (χ2v) is 5.77. The van der Waals surface area contributed by atoms with Gasteiger partial charge in [-0.1, -0.05) is 30.3 Å². The molecule has 0 aliphatic rings. The Bertz CT molecular complexity index is 539. The fourth-order valence-corrected chi connectivity index (χ4v) is 2.50. The summed E-state index contributed by atoms with van der Waals surface area (Å²) in [7, 11) is 3.88. The smallest absolute Gasteiger partial charge is 0.119 e. The molecular formula is C20H27NO2. The van der Waals surface area contributed by atoms with Crippen molar-refractivity contribution in [1.82, 2.24) is 4.90 Å². The highest BCUT2D eigenvalue weighted by atomic mass is 16.5. The Morgan fingerprint density at radius 2 is 1.52 bits per heavy atom. The van der Waals surface area contributed by atoms with Crippen molar-refractivity contribution in [3.8, 4) is 11.5 Å². The molecule has 3 heteroatoms. The van der Waals surface area contributed by atoms with Gasteiger partial charge in [0.1, 0.15) is 11.5 Å². The largest absolute Gasteiger partial charge is 0.497 e. The number of hydrogen-bond donors (Lipinski definition) is 0. The average Bonchev–Trinajstić information content (AvgIpc) is 2.60. The first kappa shape index (κ1) is 17.4. The van der Waals surface area contributed by atoms with Crippen LogP contribution in [-0.2, 0) is 6.42 Å². The molecule has 0 amide bonds. The van der Waals surface area contributed by atoms with E-state index in [2.05, 4.69) is 24.1 Å². The lowest BCUT2D eigenvalue weighted by Gasteiger charge is -2.16. The Labute approximate surface area is 139 Å². The maximum absolute atomic E-state index is 5.71. The van der Waals surface area contributed by atoms with E-state index in [0.29, 0.717) is 0 Å². The summed E-state index contributed by atoms with van der Waals surface area (Å²) in [4.78, 5) is 2.37. The molecule has 0 saturated heterocycles. The van der Waals surface area contributed by atoms with Crippen LogP contribution >= 0.6 is 0 Å². The Morgan fingerprint density at radius 3 is 2.22 bits per heavy atom. The molecule has 0 heterocycles. The van der Waals surface area contributed by atoms with Crippen molar-refractivity contribution >= 4 is 0 Å². The van der Waals surface area contributed by atoms with Crippen LogP contribution in [0.25, 0.3) is 0 Å². The molecule has 0 spiro atoms. The summed E-state index contributed by atoms with van der Waals surface area (Å²) < 4.78 is 10.9. The van der Waals surface area contributed by atoms with Gasteiger partial charge in [0.25, 0.3) is 0 Å². The minimum atomic E-state index is 0.771. The van der Waals surface area contributed by atoms with E-state index in [0.717, 1.165) is 44.0 Å². The quantitative estimate of drug-likeness (QED) is 0.618. The molecule has 0 fully saturated rings. The molecule has 2 aromatic rings. The third kappa shape index (κ3) is 6.74. The Kier molecular flexibility index (Phi) is 7.47. The van der Waals surface area contributed by atoms with E-state index in [9.17, 15) is 0 Å². The molecule has 23 heavy (non-hydrogen) atoms. The summed E-state index contributed by atoms with van der Waals surface area (Å²) in [6, 6.07) is 18.3. The van der Waals surface area contributed by atoms with E-state index in [1.54, 1.807) is 7.11 Å². The van der Waals surface area contributed by atoms with E-state index in [1.165, 1.54) is 12.0 Å². The zero-order valence-corrected chi connectivity index (χ0v) is 14.2. The lowest BCUT2D eigenvalue weighted by molar-refractivity contribution is 0.261. The van der Waals surface area contributed by atoms with E-state index < -0.39 is 0 Å². The number of methoxy groups -OCH3 is 1. The van der Waals surface area contributed by atoms with Gasteiger partial charge in [-0.15, -0.1) is 0 Å². The third-order valence-electron chi connectivity index (χ3n) is 3.86. The van der Waals surface area contributed by atoms with Crippen LogP contribution in [0.1, 0.15) is 18.4 Å². The fraction of sp³-hybridized carbons (Fsp3) is 0.400. The van der Waals surface area contributed by atoms with Crippen molar-refractivity contribution < 1.29 is 9.47 Å². The number of nitrogens with zero attached hydrogens (tertiary/aromatic N) is 1. The monoisotopic (exact) mass is 313 g/mol. The zero-order chi connectivity index (χ0) is 16.3. The first-order valence-electron chi connectivity index (χ1n) is 8.27. The molecule has 3 nitrogen and oxygen atoms in total. The molecule has 0 saturated carbocycles. The Morgan fingerprint density at radius 1 is 0.826 bits per heavy atom. The lowest BCUT2D eigenvalue weighted by atomic mass is 10.1. The molecule has 0 radical (unpaired) electrons. The van der Waals surface area contributed by atoms with Crippen LogP contribution in [0.3, 0.4) is 0 Å². The Balaban J connectivity index is 1.55. The third-order valence-corrected chi connectivity index (χ3v) is 3.86. The normalized spacial score (nSPS) is 10.7. The molecule has 124 valence electrons. The number of para-hydroxylation sites is 1.